The van der Waals surface area contributed by atoms with Gasteiger partial charge in [-0.15, -0.1) is 0 Å². The normalized spacial score (nSPS) is 9.32. The number of nitriles is 1. The van der Waals surface area contributed by atoms with Crippen LogP contribution in [-0.2, 0) is 19.1 Å². The molecule has 7 nitrogen and oxygen atoms in total. The van der Waals surface area contributed by atoms with Gasteiger partial charge in [-0.1, -0.05) is 0 Å². The van der Waals surface area contributed by atoms with E-state index in [0.29, 0.717) is 5.69 Å². The predicted molar refractivity (Wildman–Crippen MR) is 65.2 cm³/mol. The molecule has 0 aliphatic heterocycles. The third-order valence-corrected chi connectivity index (χ3v) is 2.32. The minimum absolute atomic E-state index is 0.112. The lowest BCUT2D eigenvalue weighted by Crippen LogP contribution is -2.35. The molecule has 0 atom stereocenters. The van der Waals surface area contributed by atoms with Crippen LogP contribution in [0.2, 0.25) is 0 Å². The summed E-state index contributed by atoms with van der Waals surface area (Å²) < 4.78 is 9.11. The van der Waals surface area contributed by atoms with Crippen LogP contribution in [0.1, 0.15) is 5.69 Å². The van der Waals surface area contributed by atoms with Crippen LogP contribution in [0.3, 0.4) is 0 Å². The standard InChI is InChI=1S/C12H13N3O4/c1-18-11(16)7-15(8-12(17)19-2)10-4-3-9(5-13)14-6-10/h3-4,6H,7-8H2,1-2H3. The summed E-state index contributed by atoms with van der Waals surface area (Å²) in [5.74, 6) is -0.985. The smallest absolute Gasteiger partial charge is 0.325 e. The molecule has 0 aliphatic rings. The molecule has 0 bridgehead atoms. The van der Waals surface area contributed by atoms with Gasteiger partial charge >= 0.3 is 11.9 Å². The molecule has 1 heterocycles. The van der Waals surface area contributed by atoms with Crippen LogP contribution < -0.4 is 4.90 Å². The minimum atomic E-state index is -0.492. The van der Waals surface area contributed by atoms with Gasteiger partial charge in [0.15, 0.2) is 0 Å². The summed E-state index contributed by atoms with van der Waals surface area (Å²) in [6, 6.07) is 4.98. The number of carbonyl (C=O) groups excluding carboxylic acids is 2. The van der Waals surface area contributed by atoms with Gasteiger partial charge in [0.25, 0.3) is 0 Å². The average molecular weight is 263 g/mol. The number of anilines is 1. The first-order valence-corrected chi connectivity index (χ1v) is 5.35. The van der Waals surface area contributed by atoms with E-state index in [2.05, 4.69) is 14.5 Å². The first-order valence-electron chi connectivity index (χ1n) is 5.35. The molecule has 0 radical (unpaired) electrons. The van der Waals surface area contributed by atoms with Crippen molar-refractivity contribution in [3.8, 4) is 6.07 Å². The van der Waals surface area contributed by atoms with E-state index in [1.807, 2.05) is 6.07 Å². The molecular weight excluding hydrogens is 250 g/mol. The number of aromatic nitrogens is 1. The fourth-order valence-electron chi connectivity index (χ4n) is 1.32. The molecular formula is C12H13N3O4. The Morgan fingerprint density at radius 2 is 1.84 bits per heavy atom. The van der Waals surface area contributed by atoms with Crippen LogP contribution in [0.5, 0.6) is 0 Å². The van der Waals surface area contributed by atoms with Crippen molar-refractivity contribution in [1.82, 2.24) is 4.98 Å². The molecule has 1 aromatic rings. The van der Waals surface area contributed by atoms with Gasteiger partial charge in [0.05, 0.1) is 26.1 Å². The average Bonchev–Trinajstić information content (AvgIpc) is 2.46. The molecule has 1 rings (SSSR count). The zero-order valence-corrected chi connectivity index (χ0v) is 10.6. The molecule has 7 heteroatoms. The van der Waals surface area contributed by atoms with Gasteiger partial charge < -0.3 is 14.4 Å². The van der Waals surface area contributed by atoms with E-state index in [-0.39, 0.29) is 18.8 Å². The summed E-state index contributed by atoms with van der Waals surface area (Å²) in [5, 5.41) is 8.66. The van der Waals surface area contributed by atoms with Crippen molar-refractivity contribution in [3.05, 3.63) is 24.0 Å². The minimum Gasteiger partial charge on any atom is -0.468 e. The highest BCUT2D eigenvalue weighted by Gasteiger charge is 2.16. The quantitative estimate of drug-likeness (QED) is 0.696. The van der Waals surface area contributed by atoms with Crippen LogP contribution in [0.4, 0.5) is 5.69 Å². The maximum Gasteiger partial charge on any atom is 0.325 e. The Bertz CT molecular complexity index is 475. The Labute approximate surface area is 110 Å². The number of methoxy groups -OCH3 is 2. The van der Waals surface area contributed by atoms with Gasteiger partial charge in [0, 0.05) is 0 Å². The van der Waals surface area contributed by atoms with E-state index >= 15 is 0 Å². The zero-order valence-electron chi connectivity index (χ0n) is 10.6. The summed E-state index contributed by atoms with van der Waals surface area (Å²) in [4.78, 5) is 27.9. The van der Waals surface area contributed by atoms with Crippen molar-refractivity contribution >= 4 is 17.6 Å². The molecule has 0 saturated carbocycles. The van der Waals surface area contributed by atoms with Crippen molar-refractivity contribution < 1.29 is 19.1 Å². The SMILES string of the molecule is COC(=O)CN(CC(=O)OC)c1ccc(C#N)nc1. The van der Waals surface area contributed by atoms with Crippen LogP contribution in [-0.4, -0.2) is 44.2 Å². The topological polar surface area (TPSA) is 92.5 Å². The highest BCUT2D eigenvalue weighted by molar-refractivity contribution is 5.81. The molecule has 19 heavy (non-hydrogen) atoms. The second-order valence-electron chi connectivity index (χ2n) is 3.52. The van der Waals surface area contributed by atoms with Gasteiger partial charge in [-0.25, -0.2) is 4.98 Å². The monoisotopic (exact) mass is 263 g/mol. The number of nitrogens with zero attached hydrogens (tertiary/aromatic N) is 3. The lowest BCUT2D eigenvalue weighted by molar-refractivity contribution is -0.140. The van der Waals surface area contributed by atoms with Crippen molar-refractivity contribution in [2.75, 3.05) is 32.2 Å². The van der Waals surface area contributed by atoms with Crippen LogP contribution in [0.15, 0.2) is 18.3 Å². The van der Waals surface area contributed by atoms with Crippen molar-refractivity contribution in [2.24, 2.45) is 0 Å². The zero-order chi connectivity index (χ0) is 14.3. The Morgan fingerprint density at radius 3 is 2.21 bits per heavy atom. The summed E-state index contributed by atoms with van der Waals surface area (Å²) in [7, 11) is 2.52. The Morgan fingerprint density at radius 1 is 1.26 bits per heavy atom. The van der Waals surface area contributed by atoms with Crippen molar-refractivity contribution in [3.63, 3.8) is 0 Å². The van der Waals surface area contributed by atoms with Crippen LogP contribution in [0, 0.1) is 11.3 Å². The van der Waals surface area contributed by atoms with E-state index in [9.17, 15) is 9.59 Å². The fourth-order valence-corrected chi connectivity index (χ4v) is 1.32. The summed E-state index contributed by atoms with van der Waals surface area (Å²) in [6.45, 7) is -0.224. The van der Waals surface area contributed by atoms with Crippen LogP contribution >= 0.6 is 0 Å². The Balaban J connectivity index is 2.90. The maximum atomic E-state index is 11.3. The fraction of sp³-hybridized carbons (Fsp3) is 0.333. The second-order valence-corrected chi connectivity index (χ2v) is 3.52. The second kappa shape index (κ2) is 6.96. The van der Waals surface area contributed by atoms with Crippen LogP contribution in [0.25, 0.3) is 0 Å². The number of esters is 2. The lowest BCUT2D eigenvalue weighted by Gasteiger charge is -2.21. The molecule has 0 spiro atoms. The van der Waals surface area contributed by atoms with Gasteiger partial charge in [-0.05, 0) is 12.1 Å². The molecule has 0 aliphatic carbocycles. The third-order valence-electron chi connectivity index (χ3n) is 2.32. The molecule has 0 fully saturated rings. The van der Waals surface area contributed by atoms with E-state index in [1.54, 1.807) is 6.07 Å². The summed E-state index contributed by atoms with van der Waals surface area (Å²) in [5.41, 5.74) is 0.773. The van der Waals surface area contributed by atoms with E-state index in [4.69, 9.17) is 5.26 Å². The Kier molecular flexibility index (Phi) is 5.29. The molecule has 0 saturated heterocycles. The molecule has 0 aromatic carbocycles. The molecule has 0 amide bonds. The third kappa shape index (κ3) is 4.27. The van der Waals surface area contributed by atoms with E-state index in [0.717, 1.165) is 0 Å². The van der Waals surface area contributed by atoms with E-state index in [1.165, 1.54) is 31.4 Å². The van der Waals surface area contributed by atoms with Crippen molar-refractivity contribution in [2.45, 2.75) is 0 Å². The maximum absolute atomic E-state index is 11.3. The number of rotatable bonds is 5. The molecule has 0 unspecified atom stereocenters. The summed E-state index contributed by atoms with van der Waals surface area (Å²) >= 11 is 0. The molecule has 100 valence electrons. The number of carbonyl (C=O) groups is 2. The van der Waals surface area contributed by atoms with Gasteiger partial charge in [0.1, 0.15) is 24.9 Å². The first-order chi connectivity index (χ1) is 9.10. The van der Waals surface area contributed by atoms with Gasteiger partial charge in [0.2, 0.25) is 0 Å². The first kappa shape index (κ1) is 14.4. The number of ether oxygens (including phenoxy) is 2. The largest absolute Gasteiger partial charge is 0.468 e. The molecule has 1 aromatic heterocycles. The number of hydrogen-bond acceptors (Lipinski definition) is 7. The van der Waals surface area contributed by atoms with Gasteiger partial charge in [-0.3, -0.25) is 9.59 Å². The highest BCUT2D eigenvalue weighted by atomic mass is 16.5. The number of hydrogen-bond donors (Lipinski definition) is 0. The lowest BCUT2D eigenvalue weighted by atomic mass is 10.3. The van der Waals surface area contributed by atoms with E-state index < -0.39 is 11.9 Å². The van der Waals surface area contributed by atoms with Gasteiger partial charge in [-0.2, -0.15) is 5.26 Å². The molecule has 0 N–H and O–H groups in total. The predicted octanol–water partition coefficient (Wildman–Crippen LogP) is 0.106. The summed E-state index contributed by atoms with van der Waals surface area (Å²) in [6.07, 6.45) is 1.41. The Hall–Kier alpha value is -2.62. The van der Waals surface area contributed by atoms with Crippen molar-refractivity contribution in [1.29, 1.82) is 5.26 Å². The highest BCUT2D eigenvalue weighted by Crippen LogP contribution is 2.13. The number of pyridine rings is 1.